The topological polar surface area (TPSA) is 235 Å². The molecule has 1 fully saturated rings. The van der Waals surface area contributed by atoms with Gasteiger partial charge >= 0.3 is 5.97 Å². The Labute approximate surface area is 171 Å². The van der Waals surface area contributed by atoms with E-state index in [2.05, 4.69) is 10.6 Å². The monoisotopic (exact) mass is 440 g/mol. The van der Waals surface area contributed by atoms with Gasteiger partial charge in [0.1, 0.15) is 36.6 Å². The molecule has 1 rings (SSSR count). The molecule has 0 saturated carbocycles. The molecular weight excluding hydrogens is 412 g/mol. The number of aliphatic carboxylic acids is 1. The molecule has 0 unspecified atom stereocenters. The molecule has 0 aromatic rings. The average molecular weight is 440 g/mol. The third-order valence-corrected chi connectivity index (χ3v) is 4.41. The molecule has 30 heavy (non-hydrogen) atoms. The lowest BCUT2D eigenvalue weighted by molar-refractivity contribution is -0.293. The van der Waals surface area contributed by atoms with Gasteiger partial charge in [0.05, 0.1) is 19.3 Å². The van der Waals surface area contributed by atoms with Crippen molar-refractivity contribution in [3.05, 3.63) is 0 Å². The largest absolute Gasteiger partial charge is 0.479 e. The molecule has 9 atom stereocenters. The van der Waals surface area contributed by atoms with Crippen LogP contribution in [0.3, 0.4) is 0 Å². The predicted octanol–water partition coefficient (Wildman–Crippen LogP) is -5.38. The fraction of sp³-hybridized carbons (Fsp3) is 0.812. The predicted molar refractivity (Wildman–Crippen MR) is 94.6 cm³/mol. The van der Waals surface area contributed by atoms with Crippen LogP contribution in [0.15, 0.2) is 0 Å². The first kappa shape index (κ1) is 26.1. The number of rotatable bonds is 10. The van der Waals surface area contributed by atoms with E-state index in [-0.39, 0.29) is 0 Å². The first-order valence-electron chi connectivity index (χ1n) is 8.96. The van der Waals surface area contributed by atoms with Gasteiger partial charge < -0.3 is 55.9 Å². The highest BCUT2D eigenvalue weighted by molar-refractivity contribution is 5.75. The number of nitrogens with one attached hydrogen (secondary N) is 2. The van der Waals surface area contributed by atoms with E-state index in [0.717, 1.165) is 13.8 Å². The molecule has 1 aliphatic rings. The van der Waals surface area contributed by atoms with Crippen LogP contribution in [-0.4, -0.2) is 122 Å². The number of ether oxygens (including phenoxy) is 2. The van der Waals surface area contributed by atoms with Crippen LogP contribution in [0.1, 0.15) is 13.8 Å². The maximum absolute atomic E-state index is 11.5. The fourth-order valence-corrected chi connectivity index (χ4v) is 2.96. The molecule has 1 heterocycles. The second-order valence-corrected chi connectivity index (χ2v) is 6.80. The third kappa shape index (κ3) is 6.55. The van der Waals surface area contributed by atoms with Crippen molar-refractivity contribution in [2.75, 3.05) is 13.2 Å². The Hall–Kier alpha value is -1.91. The maximum atomic E-state index is 11.5. The molecule has 1 saturated heterocycles. The summed E-state index contributed by atoms with van der Waals surface area (Å²) in [5.74, 6) is -3.01. The highest BCUT2D eigenvalue weighted by atomic mass is 16.7. The molecule has 9 N–H and O–H groups in total. The molecule has 0 bridgehead atoms. The van der Waals surface area contributed by atoms with E-state index in [1.54, 1.807) is 0 Å². The van der Waals surface area contributed by atoms with Gasteiger partial charge in [-0.25, -0.2) is 4.79 Å². The van der Waals surface area contributed by atoms with Crippen LogP contribution in [0.5, 0.6) is 0 Å². The lowest BCUT2D eigenvalue weighted by Crippen LogP contribution is -2.67. The van der Waals surface area contributed by atoms with Gasteiger partial charge in [0.2, 0.25) is 11.8 Å². The third-order valence-electron chi connectivity index (χ3n) is 4.41. The lowest BCUT2D eigenvalue weighted by Gasteiger charge is -2.43. The summed E-state index contributed by atoms with van der Waals surface area (Å²) in [5.41, 5.74) is 0. The number of carboxylic acids is 1. The second kappa shape index (κ2) is 11.5. The van der Waals surface area contributed by atoms with Gasteiger partial charge in [-0.2, -0.15) is 0 Å². The van der Waals surface area contributed by atoms with E-state index in [9.17, 15) is 50.1 Å². The van der Waals surface area contributed by atoms with E-state index in [4.69, 9.17) is 9.47 Å². The first-order chi connectivity index (χ1) is 13.9. The van der Waals surface area contributed by atoms with Crippen molar-refractivity contribution in [3.63, 3.8) is 0 Å². The summed E-state index contributed by atoms with van der Waals surface area (Å²) in [6.07, 6.45) is -13.0. The van der Waals surface area contributed by atoms with Crippen LogP contribution in [0.2, 0.25) is 0 Å². The number of aliphatic hydroxyl groups is 6. The van der Waals surface area contributed by atoms with Gasteiger partial charge in [-0.15, -0.1) is 0 Å². The van der Waals surface area contributed by atoms with Crippen molar-refractivity contribution in [1.82, 2.24) is 10.6 Å². The number of carbonyl (C=O) groups is 3. The Bertz CT molecular complexity index is 605. The number of hydrogen-bond donors (Lipinski definition) is 9. The van der Waals surface area contributed by atoms with Gasteiger partial charge in [0, 0.05) is 13.8 Å². The summed E-state index contributed by atoms with van der Waals surface area (Å²) in [4.78, 5) is 34.0. The molecule has 0 radical (unpaired) electrons. The molecule has 0 aliphatic carbocycles. The lowest BCUT2D eigenvalue weighted by atomic mass is 9.95. The van der Waals surface area contributed by atoms with Crippen molar-refractivity contribution >= 4 is 17.8 Å². The maximum Gasteiger partial charge on any atom is 0.335 e. The molecule has 174 valence electrons. The minimum atomic E-state index is -1.98. The number of amides is 2. The molecular formula is C16H28N2O12. The van der Waals surface area contributed by atoms with Crippen LogP contribution in [0.25, 0.3) is 0 Å². The summed E-state index contributed by atoms with van der Waals surface area (Å²) >= 11 is 0. The van der Waals surface area contributed by atoms with Crippen LogP contribution in [-0.2, 0) is 23.9 Å². The number of carbonyl (C=O) groups excluding carboxylic acids is 2. The summed E-state index contributed by atoms with van der Waals surface area (Å²) in [5, 5.41) is 73.0. The van der Waals surface area contributed by atoms with E-state index in [1.165, 1.54) is 0 Å². The molecule has 0 spiro atoms. The zero-order valence-corrected chi connectivity index (χ0v) is 16.3. The Kier molecular flexibility index (Phi) is 9.99. The van der Waals surface area contributed by atoms with E-state index < -0.39 is 86.0 Å². The normalized spacial score (nSPS) is 30.6. The molecule has 2 amide bonds. The van der Waals surface area contributed by atoms with Gasteiger partial charge in [0.15, 0.2) is 12.4 Å². The number of carboxylic acid groups (broad SMARTS) is 1. The summed E-state index contributed by atoms with van der Waals surface area (Å²) < 4.78 is 10.5. The Balaban J connectivity index is 3.22. The van der Waals surface area contributed by atoms with Crippen LogP contribution < -0.4 is 10.6 Å². The van der Waals surface area contributed by atoms with Crippen molar-refractivity contribution in [3.8, 4) is 0 Å². The SMILES string of the molecule is CC(=O)N[C@H]1[C@@H](O[C@H]([C@H](O)[C@H](CO)NC(C)=O)[C@H](O)CO)O[C@H](C(=O)O)[C@H](O)[C@@H]1O. The highest BCUT2D eigenvalue weighted by Gasteiger charge is 2.50. The average Bonchev–Trinajstić information content (AvgIpc) is 2.67. The van der Waals surface area contributed by atoms with Gasteiger partial charge in [-0.05, 0) is 0 Å². The standard InChI is InChI=1S/C16H28N2O12/c1-5(21)17-7(3-19)10(24)13(8(23)4-20)29-16-9(18-6(2)22)11(25)12(26)14(30-16)15(27)28/h7-14,16,19-20,23-26H,3-4H2,1-2H3,(H,17,21)(H,18,22)(H,27,28)/t7-,8+,9+,10+,11+,12+,13-,14-,16-/m0/s1. The number of aliphatic hydroxyl groups excluding tert-OH is 6. The van der Waals surface area contributed by atoms with Crippen molar-refractivity contribution in [2.45, 2.75) is 68.8 Å². The zero-order valence-electron chi connectivity index (χ0n) is 16.3. The van der Waals surface area contributed by atoms with Crippen molar-refractivity contribution in [1.29, 1.82) is 0 Å². The minimum Gasteiger partial charge on any atom is -0.479 e. The van der Waals surface area contributed by atoms with E-state index in [0.29, 0.717) is 0 Å². The molecule has 1 aliphatic heterocycles. The van der Waals surface area contributed by atoms with Crippen LogP contribution in [0, 0.1) is 0 Å². The Morgan fingerprint density at radius 3 is 2.07 bits per heavy atom. The van der Waals surface area contributed by atoms with Gasteiger partial charge in [-0.1, -0.05) is 0 Å². The number of hydrogen-bond acceptors (Lipinski definition) is 11. The Morgan fingerprint density at radius 1 is 1.03 bits per heavy atom. The highest BCUT2D eigenvalue weighted by Crippen LogP contribution is 2.25. The molecule has 0 aromatic heterocycles. The summed E-state index contributed by atoms with van der Waals surface area (Å²) in [7, 11) is 0. The van der Waals surface area contributed by atoms with Gasteiger partial charge in [0.25, 0.3) is 0 Å². The first-order valence-corrected chi connectivity index (χ1v) is 8.96. The Morgan fingerprint density at radius 2 is 1.63 bits per heavy atom. The van der Waals surface area contributed by atoms with Crippen LogP contribution in [0.4, 0.5) is 0 Å². The van der Waals surface area contributed by atoms with Crippen LogP contribution >= 0.6 is 0 Å². The molecule has 14 nitrogen and oxygen atoms in total. The zero-order chi connectivity index (χ0) is 23.2. The fourth-order valence-electron chi connectivity index (χ4n) is 2.96. The molecule has 0 aromatic carbocycles. The van der Waals surface area contributed by atoms with E-state index >= 15 is 0 Å². The summed E-state index contributed by atoms with van der Waals surface area (Å²) in [6, 6.07) is -2.88. The smallest absolute Gasteiger partial charge is 0.335 e. The van der Waals surface area contributed by atoms with Crippen molar-refractivity contribution < 1.29 is 59.6 Å². The van der Waals surface area contributed by atoms with E-state index in [1.807, 2.05) is 0 Å². The quantitative estimate of drug-likeness (QED) is 0.155. The van der Waals surface area contributed by atoms with Gasteiger partial charge in [-0.3, -0.25) is 9.59 Å². The summed E-state index contributed by atoms with van der Waals surface area (Å²) in [6.45, 7) is 0.413. The van der Waals surface area contributed by atoms with Crippen molar-refractivity contribution in [2.24, 2.45) is 0 Å². The second-order valence-electron chi connectivity index (χ2n) is 6.80. The minimum absolute atomic E-state index is 0.639. The molecule has 14 heteroatoms.